The predicted octanol–water partition coefficient (Wildman–Crippen LogP) is 3.49. The first kappa shape index (κ1) is 16.2. The number of hydrogen-bond donors (Lipinski definition) is 1. The van der Waals surface area contributed by atoms with Crippen molar-refractivity contribution in [3.63, 3.8) is 0 Å². The fourth-order valence-electron chi connectivity index (χ4n) is 1.94. The quantitative estimate of drug-likeness (QED) is 0.832. The third kappa shape index (κ3) is 5.74. The maximum Gasteiger partial charge on any atom is 0.240 e. The van der Waals surface area contributed by atoms with Crippen LogP contribution in [-0.4, -0.2) is 14.5 Å². The minimum Gasteiger partial charge on any atom is -0.208 e. The Balaban J connectivity index is 2.57. The number of rotatable bonds is 7. The Bertz CT molecular complexity index is 477. The van der Waals surface area contributed by atoms with Crippen molar-refractivity contribution in [3.05, 3.63) is 29.8 Å². The average Bonchev–Trinajstić information content (AvgIpc) is 2.28. The molecule has 1 aromatic rings. The summed E-state index contributed by atoms with van der Waals surface area (Å²) < 4.78 is 27.0. The van der Waals surface area contributed by atoms with E-state index in [1.807, 2.05) is 26.0 Å². The van der Waals surface area contributed by atoms with Crippen molar-refractivity contribution in [2.24, 2.45) is 5.92 Å². The molecule has 108 valence electrons. The highest BCUT2D eigenvalue weighted by Crippen LogP contribution is 2.13. The molecule has 0 aliphatic carbocycles. The summed E-state index contributed by atoms with van der Waals surface area (Å²) in [4.78, 5) is 0.341. The van der Waals surface area contributed by atoms with Crippen molar-refractivity contribution in [3.8, 4) is 0 Å². The van der Waals surface area contributed by atoms with E-state index in [2.05, 4.69) is 18.6 Å². The zero-order valence-electron chi connectivity index (χ0n) is 12.3. The van der Waals surface area contributed by atoms with E-state index in [4.69, 9.17) is 0 Å². The number of benzene rings is 1. The normalized spacial score (nSPS) is 13.7. The van der Waals surface area contributed by atoms with Crippen molar-refractivity contribution in [2.45, 2.75) is 57.9 Å². The molecule has 0 spiro atoms. The summed E-state index contributed by atoms with van der Waals surface area (Å²) >= 11 is 0. The minimum absolute atomic E-state index is 0.0231. The third-order valence-electron chi connectivity index (χ3n) is 3.11. The molecule has 3 nitrogen and oxygen atoms in total. The largest absolute Gasteiger partial charge is 0.240 e. The average molecular weight is 283 g/mol. The van der Waals surface area contributed by atoms with Gasteiger partial charge in [0, 0.05) is 6.04 Å². The van der Waals surface area contributed by atoms with Gasteiger partial charge in [-0.2, -0.15) is 0 Å². The molecular weight excluding hydrogens is 258 g/mol. The Kier molecular flexibility index (Phi) is 6.01. The van der Waals surface area contributed by atoms with E-state index in [0.29, 0.717) is 10.8 Å². The smallest absolute Gasteiger partial charge is 0.208 e. The molecule has 0 radical (unpaired) electrons. The van der Waals surface area contributed by atoms with E-state index >= 15 is 0 Å². The molecule has 0 fully saturated rings. The van der Waals surface area contributed by atoms with E-state index in [1.54, 1.807) is 12.1 Å². The first-order valence-electron chi connectivity index (χ1n) is 6.90. The molecule has 0 aliphatic heterocycles. The van der Waals surface area contributed by atoms with Crippen LogP contribution in [0.5, 0.6) is 0 Å². The van der Waals surface area contributed by atoms with Gasteiger partial charge in [-0.3, -0.25) is 0 Å². The highest BCUT2D eigenvalue weighted by Gasteiger charge is 2.16. The zero-order chi connectivity index (χ0) is 14.5. The molecule has 0 amide bonds. The molecule has 0 heterocycles. The van der Waals surface area contributed by atoms with Crippen molar-refractivity contribution in [1.82, 2.24) is 4.72 Å². The predicted molar refractivity (Wildman–Crippen MR) is 79.7 cm³/mol. The molecular formula is C15H25NO2S. The van der Waals surface area contributed by atoms with Gasteiger partial charge in [0.05, 0.1) is 4.90 Å². The van der Waals surface area contributed by atoms with Crippen LogP contribution in [0.1, 0.15) is 45.6 Å². The molecule has 0 aliphatic rings. The van der Waals surface area contributed by atoms with Gasteiger partial charge in [0.2, 0.25) is 10.0 Å². The molecule has 4 heteroatoms. The summed E-state index contributed by atoms with van der Waals surface area (Å²) in [5.41, 5.74) is 1.06. The van der Waals surface area contributed by atoms with Crippen LogP contribution in [0.3, 0.4) is 0 Å². The lowest BCUT2D eigenvalue weighted by Gasteiger charge is -2.15. The molecule has 0 aromatic heterocycles. The van der Waals surface area contributed by atoms with Gasteiger partial charge in [-0.05, 0) is 38.3 Å². The van der Waals surface area contributed by atoms with Crippen LogP contribution < -0.4 is 4.72 Å². The summed E-state index contributed by atoms with van der Waals surface area (Å²) in [5.74, 6) is 0.668. The van der Waals surface area contributed by atoms with Gasteiger partial charge in [0.25, 0.3) is 0 Å². The molecule has 1 rings (SSSR count). The van der Waals surface area contributed by atoms with Crippen molar-refractivity contribution >= 4 is 10.0 Å². The summed E-state index contributed by atoms with van der Waals surface area (Å²) in [5, 5.41) is 0. The Morgan fingerprint density at radius 1 is 1.05 bits per heavy atom. The molecule has 19 heavy (non-hydrogen) atoms. The van der Waals surface area contributed by atoms with Crippen LogP contribution in [0.4, 0.5) is 0 Å². The van der Waals surface area contributed by atoms with Gasteiger partial charge < -0.3 is 0 Å². The first-order chi connectivity index (χ1) is 8.81. The summed E-state index contributed by atoms with van der Waals surface area (Å²) in [6, 6.07) is 6.91. The Labute approximate surface area is 117 Å². The Morgan fingerprint density at radius 2 is 1.63 bits per heavy atom. The monoisotopic (exact) mass is 283 g/mol. The number of nitrogens with one attached hydrogen (secondary N) is 1. The molecule has 1 unspecified atom stereocenters. The molecule has 0 bridgehead atoms. The SMILES string of the molecule is Cc1ccc(S(=O)(=O)NC(C)CCCC(C)C)cc1. The Hall–Kier alpha value is -0.870. The van der Waals surface area contributed by atoms with Gasteiger partial charge in [-0.1, -0.05) is 44.4 Å². The lowest BCUT2D eigenvalue weighted by molar-refractivity contribution is 0.488. The molecule has 0 saturated heterocycles. The minimum atomic E-state index is -3.38. The van der Waals surface area contributed by atoms with Crippen LogP contribution in [0.15, 0.2) is 29.2 Å². The first-order valence-corrected chi connectivity index (χ1v) is 8.38. The number of hydrogen-bond acceptors (Lipinski definition) is 2. The van der Waals surface area contributed by atoms with E-state index < -0.39 is 10.0 Å². The van der Waals surface area contributed by atoms with E-state index in [1.165, 1.54) is 0 Å². The zero-order valence-corrected chi connectivity index (χ0v) is 13.1. The van der Waals surface area contributed by atoms with Crippen LogP contribution in [0.25, 0.3) is 0 Å². The lowest BCUT2D eigenvalue weighted by atomic mass is 10.0. The summed E-state index contributed by atoms with van der Waals surface area (Å²) in [7, 11) is -3.38. The van der Waals surface area contributed by atoms with Crippen LogP contribution in [0.2, 0.25) is 0 Å². The third-order valence-corrected chi connectivity index (χ3v) is 4.71. The van der Waals surface area contributed by atoms with E-state index in [9.17, 15) is 8.42 Å². The van der Waals surface area contributed by atoms with Gasteiger partial charge >= 0.3 is 0 Å². The fourth-order valence-corrected chi connectivity index (χ4v) is 3.22. The van der Waals surface area contributed by atoms with Crippen LogP contribution >= 0.6 is 0 Å². The lowest BCUT2D eigenvalue weighted by Crippen LogP contribution is -2.32. The highest BCUT2D eigenvalue weighted by molar-refractivity contribution is 7.89. The highest BCUT2D eigenvalue weighted by atomic mass is 32.2. The molecule has 1 atom stereocenters. The molecule has 1 N–H and O–H groups in total. The fraction of sp³-hybridized carbons (Fsp3) is 0.600. The molecule has 1 aromatic carbocycles. The standard InChI is InChI=1S/C15H25NO2S/c1-12(2)6-5-7-14(4)16-19(17,18)15-10-8-13(3)9-11-15/h8-12,14,16H,5-7H2,1-4H3. The second kappa shape index (κ2) is 7.06. The van der Waals surface area contributed by atoms with Crippen LogP contribution in [0, 0.1) is 12.8 Å². The second-order valence-corrected chi connectivity index (χ2v) is 7.37. The van der Waals surface area contributed by atoms with Crippen LogP contribution in [-0.2, 0) is 10.0 Å². The van der Waals surface area contributed by atoms with Gasteiger partial charge in [-0.25, -0.2) is 13.1 Å². The molecule has 0 saturated carbocycles. The number of sulfonamides is 1. The number of aryl methyl sites for hydroxylation is 1. The second-order valence-electron chi connectivity index (χ2n) is 5.66. The van der Waals surface area contributed by atoms with E-state index in [0.717, 1.165) is 24.8 Å². The van der Waals surface area contributed by atoms with Gasteiger partial charge in [0.15, 0.2) is 0 Å². The maximum atomic E-state index is 12.1. The van der Waals surface area contributed by atoms with Gasteiger partial charge in [0.1, 0.15) is 0 Å². The van der Waals surface area contributed by atoms with Gasteiger partial charge in [-0.15, -0.1) is 0 Å². The van der Waals surface area contributed by atoms with Crippen molar-refractivity contribution in [1.29, 1.82) is 0 Å². The summed E-state index contributed by atoms with van der Waals surface area (Å²) in [6.07, 6.45) is 3.06. The van der Waals surface area contributed by atoms with E-state index in [-0.39, 0.29) is 6.04 Å². The van der Waals surface area contributed by atoms with Crippen molar-refractivity contribution < 1.29 is 8.42 Å². The summed E-state index contributed by atoms with van der Waals surface area (Å²) in [6.45, 7) is 8.23. The van der Waals surface area contributed by atoms with Crippen molar-refractivity contribution in [2.75, 3.05) is 0 Å². The topological polar surface area (TPSA) is 46.2 Å². The maximum absolute atomic E-state index is 12.1. The Morgan fingerprint density at radius 3 is 2.16 bits per heavy atom.